The Balaban J connectivity index is 1.92. The van der Waals surface area contributed by atoms with Crippen molar-refractivity contribution in [3.8, 4) is 11.5 Å². The predicted octanol–water partition coefficient (Wildman–Crippen LogP) is 3.92. The molecule has 2 aromatic carbocycles. The third kappa shape index (κ3) is 5.19. The number of nitrogens with one attached hydrogen (secondary N) is 2. The molecule has 128 valence electrons. The van der Waals surface area contributed by atoms with Crippen LogP contribution in [0.1, 0.15) is 19.8 Å². The minimum Gasteiger partial charge on any atom is -0.495 e. The lowest BCUT2D eigenvalue weighted by Crippen LogP contribution is -2.22. The quantitative estimate of drug-likeness (QED) is 0.685. The maximum atomic E-state index is 12.2. The first kappa shape index (κ1) is 17.7. The number of rotatable bonds is 9. The normalized spacial score (nSPS) is 10.1. The number of methoxy groups -OCH3 is 1. The second-order valence-electron chi connectivity index (χ2n) is 5.30. The van der Waals surface area contributed by atoms with E-state index in [0.717, 1.165) is 24.3 Å². The molecular formula is C19H24N2O3. The highest BCUT2D eigenvalue weighted by molar-refractivity contribution is 5.95. The number of para-hydroxylation sites is 4. The summed E-state index contributed by atoms with van der Waals surface area (Å²) in [6, 6.07) is 14.9. The van der Waals surface area contributed by atoms with Gasteiger partial charge in [0.1, 0.15) is 11.5 Å². The molecule has 2 N–H and O–H groups in total. The summed E-state index contributed by atoms with van der Waals surface area (Å²) in [4.78, 5) is 12.2. The van der Waals surface area contributed by atoms with E-state index in [0.29, 0.717) is 18.0 Å². The Morgan fingerprint density at radius 3 is 2.38 bits per heavy atom. The van der Waals surface area contributed by atoms with E-state index in [1.165, 1.54) is 0 Å². The van der Waals surface area contributed by atoms with E-state index in [1.54, 1.807) is 19.2 Å². The lowest BCUT2D eigenvalue weighted by Gasteiger charge is -2.14. The Hall–Kier alpha value is -2.69. The first-order valence-electron chi connectivity index (χ1n) is 8.13. The SMILES string of the molecule is CCCCOc1ccccc1NCC(=O)Nc1ccccc1OC. The van der Waals surface area contributed by atoms with Crippen LogP contribution in [0.5, 0.6) is 11.5 Å². The summed E-state index contributed by atoms with van der Waals surface area (Å²) < 4.78 is 11.0. The fourth-order valence-corrected chi connectivity index (χ4v) is 2.18. The summed E-state index contributed by atoms with van der Waals surface area (Å²) in [6.07, 6.45) is 2.08. The van der Waals surface area contributed by atoms with Crippen LogP contribution in [0.15, 0.2) is 48.5 Å². The van der Waals surface area contributed by atoms with Crippen molar-refractivity contribution in [2.75, 3.05) is 30.9 Å². The zero-order valence-corrected chi connectivity index (χ0v) is 14.2. The third-order valence-corrected chi connectivity index (χ3v) is 3.46. The van der Waals surface area contributed by atoms with Gasteiger partial charge in [0.15, 0.2) is 0 Å². The predicted molar refractivity (Wildman–Crippen MR) is 97.0 cm³/mol. The van der Waals surface area contributed by atoms with Crippen LogP contribution >= 0.6 is 0 Å². The number of hydrogen-bond acceptors (Lipinski definition) is 4. The van der Waals surface area contributed by atoms with Crippen LogP contribution in [0, 0.1) is 0 Å². The van der Waals surface area contributed by atoms with E-state index in [9.17, 15) is 4.79 Å². The molecule has 0 unspecified atom stereocenters. The molecule has 0 fully saturated rings. The molecule has 5 heteroatoms. The van der Waals surface area contributed by atoms with Crippen LogP contribution in [0.25, 0.3) is 0 Å². The van der Waals surface area contributed by atoms with E-state index < -0.39 is 0 Å². The van der Waals surface area contributed by atoms with Crippen molar-refractivity contribution in [2.24, 2.45) is 0 Å². The Kier molecular flexibility index (Phi) is 6.95. The number of ether oxygens (including phenoxy) is 2. The van der Waals surface area contributed by atoms with Crippen LogP contribution in [-0.2, 0) is 4.79 Å². The van der Waals surface area contributed by atoms with Gasteiger partial charge >= 0.3 is 0 Å². The van der Waals surface area contributed by atoms with Crippen molar-refractivity contribution < 1.29 is 14.3 Å². The Bertz CT molecular complexity index is 659. The van der Waals surface area contributed by atoms with Gasteiger partial charge in [-0.05, 0) is 30.7 Å². The molecule has 0 aromatic heterocycles. The fraction of sp³-hybridized carbons (Fsp3) is 0.316. The zero-order chi connectivity index (χ0) is 17.2. The lowest BCUT2D eigenvalue weighted by atomic mass is 10.2. The molecule has 2 aromatic rings. The largest absolute Gasteiger partial charge is 0.495 e. The van der Waals surface area contributed by atoms with Gasteiger partial charge in [-0.15, -0.1) is 0 Å². The van der Waals surface area contributed by atoms with Crippen molar-refractivity contribution in [1.82, 2.24) is 0 Å². The Labute approximate surface area is 143 Å². The molecule has 0 radical (unpaired) electrons. The van der Waals surface area contributed by atoms with Crippen molar-refractivity contribution in [2.45, 2.75) is 19.8 Å². The number of carbonyl (C=O) groups excluding carboxylic acids is 1. The van der Waals surface area contributed by atoms with Gasteiger partial charge in [-0.25, -0.2) is 0 Å². The van der Waals surface area contributed by atoms with Gasteiger partial charge in [-0.3, -0.25) is 4.79 Å². The first-order valence-corrected chi connectivity index (χ1v) is 8.13. The van der Waals surface area contributed by atoms with Crippen LogP contribution < -0.4 is 20.1 Å². The van der Waals surface area contributed by atoms with Gasteiger partial charge in [-0.1, -0.05) is 37.6 Å². The topological polar surface area (TPSA) is 59.6 Å². The zero-order valence-electron chi connectivity index (χ0n) is 14.2. The maximum absolute atomic E-state index is 12.2. The molecular weight excluding hydrogens is 304 g/mol. The Morgan fingerprint density at radius 1 is 1.00 bits per heavy atom. The first-order chi connectivity index (χ1) is 11.7. The summed E-state index contributed by atoms with van der Waals surface area (Å²) in [5.74, 6) is 1.24. The molecule has 5 nitrogen and oxygen atoms in total. The van der Waals surface area contributed by atoms with Gasteiger partial charge in [0, 0.05) is 0 Å². The second kappa shape index (κ2) is 9.45. The average Bonchev–Trinajstić information content (AvgIpc) is 2.61. The molecule has 0 saturated heterocycles. The van der Waals surface area contributed by atoms with Crippen LogP contribution in [0.3, 0.4) is 0 Å². The highest BCUT2D eigenvalue weighted by atomic mass is 16.5. The second-order valence-corrected chi connectivity index (χ2v) is 5.30. The van der Waals surface area contributed by atoms with Crippen molar-refractivity contribution in [3.63, 3.8) is 0 Å². The number of hydrogen-bond donors (Lipinski definition) is 2. The van der Waals surface area contributed by atoms with Crippen LogP contribution in [-0.4, -0.2) is 26.2 Å². The van der Waals surface area contributed by atoms with E-state index in [-0.39, 0.29) is 12.5 Å². The number of carbonyl (C=O) groups is 1. The number of amides is 1. The standard InChI is InChI=1S/C19H24N2O3/c1-3-4-13-24-18-12-8-5-9-15(18)20-14-19(22)21-16-10-6-7-11-17(16)23-2/h5-12,20H,3-4,13-14H2,1-2H3,(H,21,22). The highest BCUT2D eigenvalue weighted by Gasteiger charge is 2.08. The average molecular weight is 328 g/mol. The molecule has 0 aliphatic heterocycles. The van der Waals surface area contributed by atoms with E-state index in [4.69, 9.17) is 9.47 Å². The van der Waals surface area contributed by atoms with Gasteiger partial charge in [0.2, 0.25) is 5.91 Å². The van der Waals surface area contributed by atoms with Gasteiger partial charge in [0.25, 0.3) is 0 Å². The highest BCUT2D eigenvalue weighted by Crippen LogP contribution is 2.25. The van der Waals surface area contributed by atoms with E-state index in [1.807, 2.05) is 36.4 Å². The fourth-order valence-electron chi connectivity index (χ4n) is 2.18. The van der Waals surface area contributed by atoms with Gasteiger partial charge < -0.3 is 20.1 Å². The molecule has 0 saturated carbocycles. The van der Waals surface area contributed by atoms with Gasteiger partial charge in [0.05, 0.1) is 31.6 Å². The smallest absolute Gasteiger partial charge is 0.243 e. The van der Waals surface area contributed by atoms with Crippen molar-refractivity contribution in [3.05, 3.63) is 48.5 Å². The maximum Gasteiger partial charge on any atom is 0.243 e. The minimum absolute atomic E-state index is 0.145. The summed E-state index contributed by atoms with van der Waals surface area (Å²) in [6.45, 7) is 2.94. The summed E-state index contributed by atoms with van der Waals surface area (Å²) in [7, 11) is 1.58. The lowest BCUT2D eigenvalue weighted by molar-refractivity contribution is -0.114. The molecule has 1 amide bonds. The van der Waals surface area contributed by atoms with E-state index >= 15 is 0 Å². The summed E-state index contributed by atoms with van der Waals surface area (Å²) in [5, 5.41) is 5.96. The van der Waals surface area contributed by atoms with Crippen LogP contribution in [0.2, 0.25) is 0 Å². The molecule has 0 atom stereocenters. The third-order valence-electron chi connectivity index (χ3n) is 3.46. The monoisotopic (exact) mass is 328 g/mol. The molecule has 0 spiro atoms. The number of benzene rings is 2. The number of unbranched alkanes of at least 4 members (excludes halogenated alkanes) is 1. The van der Waals surface area contributed by atoms with Crippen molar-refractivity contribution >= 4 is 17.3 Å². The van der Waals surface area contributed by atoms with Crippen molar-refractivity contribution in [1.29, 1.82) is 0 Å². The molecule has 0 heterocycles. The van der Waals surface area contributed by atoms with Gasteiger partial charge in [-0.2, -0.15) is 0 Å². The number of anilines is 2. The van der Waals surface area contributed by atoms with E-state index in [2.05, 4.69) is 17.6 Å². The molecule has 2 rings (SSSR count). The molecule has 0 bridgehead atoms. The minimum atomic E-state index is -0.150. The molecule has 0 aliphatic carbocycles. The molecule has 24 heavy (non-hydrogen) atoms. The summed E-state index contributed by atoms with van der Waals surface area (Å²) >= 11 is 0. The molecule has 0 aliphatic rings. The van der Waals surface area contributed by atoms with Crippen LogP contribution in [0.4, 0.5) is 11.4 Å². The summed E-state index contributed by atoms with van der Waals surface area (Å²) in [5.41, 5.74) is 1.46. The Morgan fingerprint density at radius 2 is 1.67 bits per heavy atom.